The molecule has 0 amide bonds. The number of hydrogen-bond acceptors (Lipinski definition) is 4. The highest BCUT2D eigenvalue weighted by Crippen LogP contribution is 2.24. The van der Waals surface area contributed by atoms with Gasteiger partial charge in [-0.15, -0.1) is 0 Å². The van der Waals surface area contributed by atoms with Gasteiger partial charge in [0.15, 0.2) is 5.96 Å². The van der Waals surface area contributed by atoms with Crippen molar-refractivity contribution in [2.75, 3.05) is 45.9 Å². The summed E-state index contributed by atoms with van der Waals surface area (Å²) in [5, 5.41) is 6.87. The Morgan fingerprint density at radius 3 is 2.81 bits per heavy atom. The second kappa shape index (κ2) is 13.6. The summed E-state index contributed by atoms with van der Waals surface area (Å²) < 4.78 is 11.7. The van der Waals surface area contributed by atoms with Crippen LogP contribution >= 0.6 is 0 Å². The van der Waals surface area contributed by atoms with Crippen LogP contribution in [0.4, 0.5) is 0 Å². The number of nitrogens with one attached hydrogen (secondary N) is 2. The van der Waals surface area contributed by atoms with E-state index in [4.69, 9.17) is 14.5 Å². The van der Waals surface area contributed by atoms with Gasteiger partial charge in [0.1, 0.15) is 11.9 Å². The average molecular weight is 431 g/mol. The molecular formula is C25H42N4O2. The van der Waals surface area contributed by atoms with Gasteiger partial charge in [-0.05, 0) is 70.8 Å². The van der Waals surface area contributed by atoms with Gasteiger partial charge < -0.3 is 25.0 Å². The van der Waals surface area contributed by atoms with Gasteiger partial charge in [-0.3, -0.25) is 0 Å². The number of unbranched alkanes of at least 4 members (excludes halogenated alkanes) is 2. The molecule has 2 N–H and O–H groups in total. The molecule has 0 aliphatic carbocycles. The van der Waals surface area contributed by atoms with Crippen LogP contribution in [0.15, 0.2) is 23.2 Å². The Labute approximate surface area is 188 Å². The number of rotatable bonds is 11. The number of nitrogens with zero attached hydrogens (tertiary/aromatic N) is 2. The lowest BCUT2D eigenvalue weighted by Gasteiger charge is -2.26. The highest BCUT2D eigenvalue weighted by molar-refractivity contribution is 5.79. The first-order chi connectivity index (χ1) is 15.2. The number of piperidine rings is 1. The molecular weight excluding hydrogens is 388 g/mol. The maximum atomic E-state index is 6.22. The van der Waals surface area contributed by atoms with Crippen molar-refractivity contribution in [2.45, 2.75) is 71.4 Å². The molecule has 2 fully saturated rings. The molecule has 2 aliphatic heterocycles. The van der Waals surface area contributed by atoms with Crippen LogP contribution in [0, 0.1) is 6.92 Å². The van der Waals surface area contributed by atoms with Crippen LogP contribution in [0.5, 0.6) is 5.75 Å². The third-order valence-electron chi connectivity index (χ3n) is 6.05. The van der Waals surface area contributed by atoms with Gasteiger partial charge in [-0.2, -0.15) is 0 Å². The smallest absolute Gasteiger partial charge is 0.191 e. The monoisotopic (exact) mass is 430 g/mol. The van der Waals surface area contributed by atoms with Crippen LogP contribution in [0.3, 0.4) is 0 Å². The summed E-state index contributed by atoms with van der Waals surface area (Å²) in [4.78, 5) is 7.44. The minimum Gasteiger partial charge on any atom is -0.488 e. The molecule has 1 aromatic rings. The van der Waals surface area contributed by atoms with Crippen molar-refractivity contribution >= 4 is 5.96 Å². The summed E-state index contributed by atoms with van der Waals surface area (Å²) in [5.74, 6) is 1.82. The molecule has 1 atom stereocenters. The Hall–Kier alpha value is -1.79. The normalized spacial score (nSPS) is 20.1. The lowest BCUT2D eigenvalue weighted by atomic mass is 10.1. The third kappa shape index (κ3) is 8.69. The van der Waals surface area contributed by atoms with Gasteiger partial charge in [0, 0.05) is 25.1 Å². The van der Waals surface area contributed by atoms with Crippen molar-refractivity contribution in [2.24, 2.45) is 4.99 Å². The second-order valence-electron chi connectivity index (χ2n) is 8.80. The topological polar surface area (TPSA) is 58.1 Å². The Bertz CT molecular complexity index is 667. The van der Waals surface area contributed by atoms with Crippen LogP contribution in [0.1, 0.15) is 63.0 Å². The van der Waals surface area contributed by atoms with Crippen molar-refractivity contribution in [3.05, 3.63) is 29.3 Å². The van der Waals surface area contributed by atoms with Gasteiger partial charge in [-0.1, -0.05) is 25.0 Å². The summed E-state index contributed by atoms with van der Waals surface area (Å²) >= 11 is 0. The predicted octanol–water partition coefficient (Wildman–Crippen LogP) is 3.87. The number of guanidine groups is 1. The minimum atomic E-state index is 0.154. The molecule has 1 aromatic carbocycles. The second-order valence-corrected chi connectivity index (χ2v) is 8.80. The highest BCUT2D eigenvalue weighted by atomic mass is 16.5. The molecule has 6 nitrogen and oxygen atoms in total. The summed E-state index contributed by atoms with van der Waals surface area (Å²) in [6, 6.07) is 6.38. The predicted molar refractivity (Wildman–Crippen MR) is 128 cm³/mol. The van der Waals surface area contributed by atoms with Gasteiger partial charge >= 0.3 is 0 Å². The van der Waals surface area contributed by atoms with Crippen molar-refractivity contribution in [1.29, 1.82) is 0 Å². The largest absolute Gasteiger partial charge is 0.488 e. The molecule has 31 heavy (non-hydrogen) atoms. The zero-order chi connectivity index (χ0) is 21.7. The molecule has 0 radical (unpaired) electrons. The molecule has 0 bridgehead atoms. The molecule has 0 spiro atoms. The molecule has 6 heteroatoms. The highest BCUT2D eigenvalue weighted by Gasteiger charge is 2.18. The molecule has 2 saturated heterocycles. The Morgan fingerprint density at radius 2 is 2.03 bits per heavy atom. The molecule has 3 rings (SSSR count). The fourth-order valence-corrected chi connectivity index (χ4v) is 4.22. The maximum absolute atomic E-state index is 6.22. The molecule has 0 saturated carbocycles. The van der Waals surface area contributed by atoms with E-state index in [1.165, 1.54) is 63.7 Å². The maximum Gasteiger partial charge on any atom is 0.191 e. The quantitative estimate of drug-likeness (QED) is 0.317. The molecule has 2 aliphatic rings. The van der Waals surface area contributed by atoms with Gasteiger partial charge in [0.05, 0.1) is 19.8 Å². The fourth-order valence-electron chi connectivity index (χ4n) is 4.22. The number of hydrogen-bond donors (Lipinski definition) is 2. The lowest BCUT2D eigenvalue weighted by Crippen LogP contribution is -2.37. The SMILES string of the molecule is CCNC(=NCc1ccc(C)cc1OC1CCOC1)NCCCCCN1CCCCC1. The van der Waals surface area contributed by atoms with E-state index in [0.29, 0.717) is 13.2 Å². The summed E-state index contributed by atoms with van der Waals surface area (Å²) in [6.07, 6.45) is 9.03. The van der Waals surface area contributed by atoms with Gasteiger partial charge in [0.2, 0.25) is 0 Å². The number of aliphatic imine (C=N–C) groups is 1. The van der Waals surface area contributed by atoms with Gasteiger partial charge in [0.25, 0.3) is 0 Å². The molecule has 0 aromatic heterocycles. The molecule has 174 valence electrons. The van der Waals surface area contributed by atoms with E-state index in [9.17, 15) is 0 Å². The van der Waals surface area contributed by atoms with Crippen LogP contribution in [-0.4, -0.2) is 62.9 Å². The van der Waals surface area contributed by atoms with Crippen molar-refractivity contribution < 1.29 is 9.47 Å². The first kappa shape index (κ1) is 23.9. The van der Waals surface area contributed by atoms with E-state index < -0.39 is 0 Å². The van der Waals surface area contributed by atoms with E-state index in [0.717, 1.165) is 43.4 Å². The first-order valence-electron chi connectivity index (χ1n) is 12.3. The molecule has 2 heterocycles. The summed E-state index contributed by atoms with van der Waals surface area (Å²) in [6.45, 7) is 12.0. The van der Waals surface area contributed by atoms with E-state index in [-0.39, 0.29) is 6.10 Å². The standard InChI is InChI=1S/C25H42N4O2/c1-3-26-25(27-13-6-4-7-14-29-15-8-5-9-16-29)28-19-22-11-10-21(2)18-24(22)31-23-12-17-30-20-23/h10-11,18,23H,3-9,12-17,19-20H2,1-2H3,(H2,26,27,28). The third-order valence-corrected chi connectivity index (χ3v) is 6.05. The van der Waals surface area contributed by atoms with Crippen LogP contribution < -0.4 is 15.4 Å². The van der Waals surface area contributed by atoms with E-state index in [1.807, 2.05) is 0 Å². The zero-order valence-corrected chi connectivity index (χ0v) is 19.6. The zero-order valence-electron chi connectivity index (χ0n) is 19.6. The van der Waals surface area contributed by atoms with Crippen LogP contribution in [0.2, 0.25) is 0 Å². The fraction of sp³-hybridized carbons (Fsp3) is 0.720. The van der Waals surface area contributed by atoms with Crippen LogP contribution in [-0.2, 0) is 11.3 Å². The van der Waals surface area contributed by atoms with Crippen molar-refractivity contribution in [1.82, 2.24) is 15.5 Å². The van der Waals surface area contributed by atoms with Gasteiger partial charge in [-0.25, -0.2) is 4.99 Å². The number of ether oxygens (including phenoxy) is 2. The average Bonchev–Trinajstić information content (AvgIpc) is 3.29. The molecule has 1 unspecified atom stereocenters. The Morgan fingerprint density at radius 1 is 1.16 bits per heavy atom. The number of likely N-dealkylation sites (tertiary alicyclic amines) is 1. The summed E-state index contributed by atoms with van der Waals surface area (Å²) in [5.41, 5.74) is 2.33. The first-order valence-corrected chi connectivity index (χ1v) is 12.3. The van der Waals surface area contributed by atoms with Crippen molar-refractivity contribution in [3.8, 4) is 5.75 Å². The lowest BCUT2D eigenvalue weighted by molar-refractivity contribution is 0.140. The van der Waals surface area contributed by atoms with E-state index >= 15 is 0 Å². The van der Waals surface area contributed by atoms with Crippen molar-refractivity contribution in [3.63, 3.8) is 0 Å². The van der Waals surface area contributed by atoms with E-state index in [2.05, 4.69) is 47.6 Å². The Balaban J connectivity index is 1.43. The van der Waals surface area contributed by atoms with Crippen LogP contribution in [0.25, 0.3) is 0 Å². The number of benzene rings is 1. The minimum absolute atomic E-state index is 0.154. The summed E-state index contributed by atoms with van der Waals surface area (Å²) in [7, 11) is 0. The van der Waals surface area contributed by atoms with E-state index in [1.54, 1.807) is 0 Å². The Kier molecular flexibility index (Phi) is 10.5. The number of aryl methyl sites for hydroxylation is 1.